The molecule has 2 aliphatic rings. The molecule has 0 radical (unpaired) electrons. The lowest BCUT2D eigenvalue weighted by Gasteiger charge is -2.40. The maximum atomic E-state index is 12.3. The third kappa shape index (κ3) is 3.27. The van der Waals surface area contributed by atoms with Crippen LogP contribution in [0.15, 0.2) is 47.5 Å². The third-order valence-electron chi connectivity index (χ3n) is 5.66. The van der Waals surface area contributed by atoms with Crippen LogP contribution < -0.4 is 10.5 Å². The van der Waals surface area contributed by atoms with E-state index in [4.69, 9.17) is 4.98 Å². The molecule has 7 heteroatoms. The van der Waals surface area contributed by atoms with E-state index < -0.39 is 0 Å². The van der Waals surface area contributed by atoms with Crippen molar-refractivity contribution < 1.29 is 0 Å². The number of hydrogen-bond donors (Lipinski definition) is 0. The molecule has 1 saturated heterocycles. The van der Waals surface area contributed by atoms with Gasteiger partial charge in [-0.1, -0.05) is 0 Å². The minimum Gasteiger partial charge on any atom is -0.355 e. The van der Waals surface area contributed by atoms with E-state index in [-0.39, 0.29) is 5.56 Å². The normalized spacial score (nSPS) is 15.6. The van der Waals surface area contributed by atoms with Gasteiger partial charge in [0, 0.05) is 48.7 Å². The Hall–Kier alpha value is -3.53. The molecule has 0 aromatic carbocycles. The van der Waals surface area contributed by atoms with Crippen LogP contribution in [-0.4, -0.2) is 32.8 Å². The van der Waals surface area contributed by atoms with E-state index >= 15 is 0 Å². The second-order valence-electron chi connectivity index (χ2n) is 7.68. The van der Waals surface area contributed by atoms with Gasteiger partial charge in [0.15, 0.2) is 0 Å². The van der Waals surface area contributed by atoms with E-state index in [0.29, 0.717) is 18.0 Å². The zero-order chi connectivity index (χ0) is 19.8. The number of nitrogens with zero attached hydrogens (tertiary/aromatic N) is 6. The summed E-state index contributed by atoms with van der Waals surface area (Å²) < 4.78 is 1.53. The first-order valence-electron chi connectivity index (χ1n) is 9.87. The predicted molar refractivity (Wildman–Crippen MR) is 108 cm³/mol. The zero-order valence-electron chi connectivity index (χ0n) is 16.0. The number of pyridine rings is 2. The summed E-state index contributed by atoms with van der Waals surface area (Å²) in [5.74, 6) is 1.08. The van der Waals surface area contributed by atoms with Gasteiger partial charge in [-0.15, -0.1) is 0 Å². The largest absolute Gasteiger partial charge is 0.355 e. The van der Waals surface area contributed by atoms with Gasteiger partial charge in [-0.2, -0.15) is 10.4 Å². The molecule has 1 aliphatic heterocycles. The van der Waals surface area contributed by atoms with Crippen LogP contribution in [0, 0.1) is 17.2 Å². The molecular formula is C22H20N6O. The van der Waals surface area contributed by atoms with Crippen molar-refractivity contribution in [3.63, 3.8) is 0 Å². The molecule has 29 heavy (non-hydrogen) atoms. The fraction of sp³-hybridized carbons (Fsp3) is 0.318. The molecule has 0 spiro atoms. The Balaban J connectivity index is 1.32. The highest BCUT2D eigenvalue weighted by atomic mass is 16.1. The van der Waals surface area contributed by atoms with Crippen LogP contribution in [0.2, 0.25) is 0 Å². The first kappa shape index (κ1) is 17.6. The highest BCUT2D eigenvalue weighted by Gasteiger charge is 2.31. The van der Waals surface area contributed by atoms with Crippen molar-refractivity contribution in [3.8, 4) is 17.3 Å². The van der Waals surface area contributed by atoms with E-state index in [1.807, 2.05) is 18.2 Å². The molecule has 7 nitrogen and oxygen atoms in total. The van der Waals surface area contributed by atoms with Crippen molar-refractivity contribution in [1.29, 1.82) is 5.26 Å². The van der Waals surface area contributed by atoms with Crippen molar-refractivity contribution in [1.82, 2.24) is 19.7 Å². The minimum atomic E-state index is -0.107. The maximum absolute atomic E-state index is 12.3. The SMILES string of the molecule is N#Cc1cc2c(nc1N1CC(Cn3nc(-c4cccnc4)ccc3=O)C1)CCC2. The molecule has 0 atom stereocenters. The van der Waals surface area contributed by atoms with Crippen molar-refractivity contribution in [2.24, 2.45) is 5.92 Å². The first-order valence-corrected chi connectivity index (χ1v) is 9.87. The van der Waals surface area contributed by atoms with E-state index in [1.165, 1.54) is 10.2 Å². The van der Waals surface area contributed by atoms with E-state index in [9.17, 15) is 10.1 Å². The van der Waals surface area contributed by atoms with E-state index in [0.717, 1.165) is 55.1 Å². The summed E-state index contributed by atoms with van der Waals surface area (Å²) in [6.45, 7) is 2.09. The van der Waals surface area contributed by atoms with Gasteiger partial charge in [0.05, 0.1) is 17.8 Å². The zero-order valence-corrected chi connectivity index (χ0v) is 16.0. The van der Waals surface area contributed by atoms with Crippen LogP contribution in [0.5, 0.6) is 0 Å². The summed E-state index contributed by atoms with van der Waals surface area (Å²) in [6, 6.07) is 11.4. The fourth-order valence-electron chi connectivity index (χ4n) is 4.14. The number of hydrogen-bond acceptors (Lipinski definition) is 6. The van der Waals surface area contributed by atoms with Crippen molar-refractivity contribution >= 4 is 5.82 Å². The van der Waals surface area contributed by atoms with Crippen molar-refractivity contribution in [3.05, 3.63) is 69.9 Å². The Morgan fingerprint density at radius 2 is 2.10 bits per heavy atom. The lowest BCUT2D eigenvalue weighted by molar-refractivity contribution is 0.333. The molecule has 4 heterocycles. The second kappa shape index (κ2) is 7.13. The summed E-state index contributed by atoms with van der Waals surface area (Å²) in [4.78, 5) is 23.3. The molecule has 3 aromatic rings. The lowest BCUT2D eigenvalue weighted by Crippen LogP contribution is -2.50. The summed E-state index contributed by atoms with van der Waals surface area (Å²) in [7, 11) is 0. The van der Waals surface area contributed by atoms with E-state index in [2.05, 4.69) is 21.1 Å². The van der Waals surface area contributed by atoms with Gasteiger partial charge in [-0.25, -0.2) is 9.67 Å². The molecule has 0 N–H and O–H groups in total. The Morgan fingerprint density at radius 3 is 2.90 bits per heavy atom. The highest BCUT2D eigenvalue weighted by Crippen LogP contribution is 2.31. The lowest BCUT2D eigenvalue weighted by atomic mass is 9.99. The van der Waals surface area contributed by atoms with E-state index in [1.54, 1.807) is 24.5 Å². The predicted octanol–water partition coefficient (Wildman–Crippen LogP) is 2.20. The van der Waals surface area contributed by atoms with Gasteiger partial charge < -0.3 is 4.90 Å². The number of rotatable bonds is 4. The van der Waals surface area contributed by atoms with Gasteiger partial charge >= 0.3 is 0 Å². The first-order chi connectivity index (χ1) is 14.2. The number of aromatic nitrogens is 4. The number of aryl methyl sites for hydroxylation is 2. The Morgan fingerprint density at radius 1 is 1.21 bits per heavy atom. The molecule has 1 aliphatic carbocycles. The number of fused-ring (bicyclic) bond motifs is 1. The molecule has 0 unspecified atom stereocenters. The second-order valence-corrected chi connectivity index (χ2v) is 7.68. The van der Waals surface area contributed by atoms with Gasteiger partial charge in [0.1, 0.15) is 11.9 Å². The van der Waals surface area contributed by atoms with Crippen molar-refractivity contribution in [2.75, 3.05) is 18.0 Å². The van der Waals surface area contributed by atoms with Gasteiger partial charge in [-0.3, -0.25) is 9.78 Å². The number of anilines is 1. The quantitative estimate of drug-likeness (QED) is 0.685. The average molecular weight is 384 g/mol. The van der Waals surface area contributed by atoms with Crippen LogP contribution in [0.4, 0.5) is 5.82 Å². The van der Waals surface area contributed by atoms with Gasteiger partial charge in [-0.05, 0) is 49.1 Å². The molecule has 1 fully saturated rings. The topological polar surface area (TPSA) is 87.7 Å². The van der Waals surface area contributed by atoms with Crippen molar-refractivity contribution in [2.45, 2.75) is 25.8 Å². The summed E-state index contributed by atoms with van der Waals surface area (Å²) in [5.41, 5.74) is 4.51. The molecule has 0 amide bonds. The highest BCUT2D eigenvalue weighted by molar-refractivity contribution is 5.58. The summed E-state index contributed by atoms with van der Waals surface area (Å²) >= 11 is 0. The van der Waals surface area contributed by atoms with Crippen LogP contribution >= 0.6 is 0 Å². The molecule has 5 rings (SSSR count). The van der Waals surface area contributed by atoms with Crippen LogP contribution in [-0.2, 0) is 19.4 Å². The smallest absolute Gasteiger partial charge is 0.266 e. The Labute approximate surface area is 168 Å². The average Bonchev–Trinajstić information content (AvgIpc) is 3.18. The third-order valence-corrected chi connectivity index (χ3v) is 5.66. The molecule has 3 aromatic heterocycles. The minimum absolute atomic E-state index is 0.107. The Bertz CT molecular complexity index is 1160. The fourth-order valence-corrected chi connectivity index (χ4v) is 4.14. The van der Waals surface area contributed by atoms with Crippen LogP contribution in [0.25, 0.3) is 11.3 Å². The Kier molecular flexibility index (Phi) is 4.32. The molecule has 0 saturated carbocycles. The maximum Gasteiger partial charge on any atom is 0.266 e. The van der Waals surface area contributed by atoms with Crippen LogP contribution in [0.3, 0.4) is 0 Å². The molecule has 144 valence electrons. The van der Waals surface area contributed by atoms with Gasteiger partial charge in [0.2, 0.25) is 0 Å². The number of nitriles is 1. The van der Waals surface area contributed by atoms with Gasteiger partial charge in [0.25, 0.3) is 5.56 Å². The standard InChI is InChI=1S/C22H20N6O/c23-10-18-9-16-3-1-5-19(16)25-22(18)27-12-15(13-27)14-28-21(29)7-6-20(26-28)17-4-2-8-24-11-17/h2,4,6-9,11,15H,1,3,5,12-14H2. The summed E-state index contributed by atoms with van der Waals surface area (Å²) in [6.07, 6.45) is 6.57. The van der Waals surface area contributed by atoms with Crippen LogP contribution in [0.1, 0.15) is 23.2 Å². The molecular weight excluding hydrogens is 364 g/mol. The monoisotopic (exact) mass is 384 g/mol. The summed E-state index contributed by atoms with van der Waals surface area (Å²) in [5, 5.41) is 14.0. The molecule has 0 bridgehead atoms.